The average molecular weight is 848 g/mol. The molecule has 0 radical (unpaired) electrons. The molecule has 2 N–H and O–H groups in total. The number of halogens is 1. The van der Waals surface area contributed by atoms with Gasteiger partial charge < -0.3 is 38.9 Å². The number of nitrogens with zero attached hydrogens (tertiary/aromatic N) is 3. The van der Waals surface area contributed by atoms with Crippen LogP contribution in [0, 0.1) is 34.9 Å². The van der Waals surface area contributed by atoms with Crippen LogP contribution in [0.2, 0.25) is 0 Å². The number of amides is 1. The van der Waals surface area contributed by atoms with Crippen molar-refractivity contribution in [2.75, 3.05) is 33.0 Å². The number of unbranched alkanes of at least 4 members (excludes halogenated alkanes) is 2. The van der Waals surface area contributed by atoms with E-state index < -0.39 is 29.9 Å². The Balaban J connectivity index is 1.48. The zero-order chi connectivity index (χ0) is 43.5. The van der Waals surface area contributed by atoms with Crippen molar-refractivity contribution in [3.05, 3.63) is 132 Å². The van der Waals surface area contributed by atoms with E-state index in [0.717, 1.165) is 49.7 Å². The molecule has 11 nitrogen and oxygen atoms in total. The van der Waals surface area contributed by atoms with Gasteiger partial charge in [-0.2, -0.15) is 5.26 Å². The van der Waals surface area contributed by atoms with Crippen LogP contribution in [0.3, 0.4) is 0 Å². The molecule has 328 valence electrons. The molecule has 4 aliphatic rings. The zero-order valence-corrected chi connectivity index (χ0v) is 35.3. The normalized spacial score (nSPS) is 25.6. The van der Waals surface area contributed by atoms with Gasteiger partial charge in [-0.05, 0) is 116 Å². The molecule has 1 amide bonds. The first-order chi connectivity index (χ1) is 30.3. The molecule has 1 saturated carbocycles. The molecule has 12 heteroatoms. The Labute approximate surface area is 364 Å². The number of hydrogen-bond acceptors (Lipinski definition) is 10. The Bertz CT molecular complexity index is 2110. The van der Waals surface area contributed by atoms with E-state index >= 15 is 4.79 Å². The summed E-state index contributed by atoms with van der Waals surface area (Å²) in [5.74, 6) is -1.76. The largest absolute Gasteiger partial charge is 0.490 e. The molecular formula is C50H58FN3O8. The van der Waals surface area contributed by atoms with Gasteiger partial charge in [-0.3, -0.25) is 4.79 Å². The van der Waals surface area contributed by atoms with Crippen molar-refractivity contribution in [2.24, 2.45) is 22.9 Å². The quantitative estimate of drug-likeness (QED) is 0.0648. The molecule has 7 unspecified atom stereocenters. The molecule has 0 bridgehead atoms. The predicted molar refractivity (Wildman–Crippen MR) is 233 cm³/mol. The molecule has 7 atom stereocenters. The second-order valence-corrected chi connectivity index (χ2v) is 16.5. The third-order valence-corrected chi connectivity index (χ3v) is 12.6. The van der Waals surface area contributed by atoms with Crippen LogP contribution in [0.15, 0.2) is 109 Å². The van der Waals surface area contributed by atoms with Crippen LogP contribution >= 0.6 is 0 Å². The fourth-order valence-electron chi connectivity index (χ4n) is 9.77. The minimum absolute atomic E-state index is 0.0142. The van der Waals surface area contributed by atoms with E-state index in [2.05, 4.69) is 25.3 Å². The highest BCUT2D eigenvalue weighted by molar-refractivity contribution is 6.03. The zero-order valence-electron chi connectivity index (χ0n) is 35.3. The Morgan fingerprint density at radius 3 is 2.44 bits per heavy atom. The molecule has 62 heavy (non-hydrogen) atoms. The van der Waals surface area contributed by atoms with E-state index in [-0.39, 0.29) is 56.4 Å². The maximum Gasteiger partial charge on any atom is 0.254 e. The number of carbonyl (C=O) groups excluding carboxylic acids is 1. The van der Waals surface area contributed by atoms with Crippen LogP contribution in [-0.2, 0) is 20.9 Å². The Morgan fingerprint density at radius 1 is 0.984 bits per heavy atom. The van der Waals surface area contributed by atoms with Crippen LogP contribution in [0.5, 0.6) is 11.5 Å². The van der Waals surface area contributed by atoms with E-state index in [4.69, 9.17) is 28.9 Å². The van der Waals surface area contributed by atoms with Gasteiger partial charge in [0.05, 0.1) is 36.5 Å². The molecule has 2 aliphatic heterocycles. The Hall–Kier alpha value is -5.32. The molecule has 7 rings (SSSR count). The van der Waals surface area contributed by atoms with Gasteiger partial charge in [-0.15, -0.1) is 6.58 Å². The van der Waals surface area contributed by atoms with Gasteiger partial charge in [-0.25, -0.2) is 4.39 Å². The molecule has 0 spiro atoms. The average Bonchev–Trinajstić information content (AvgIpc) is 3.30. The third-order valence-electron chi connectivity index (χ3n) is 12.6. The van der Waals surface area contributed by atoms with Crippen molar-refractivity contribution in [3.63, 3.8) is 0 Å². The number of benzene rings is 3. The summed E-state index contributed by atoms with van der Waals surface area (Å²) in [4.78, 5) is 23.3. The number of hydrogen-bond donors (Lipinski definition) is 2. The van der Waals surface area contributed by atoms with Gasteiger partial charge in [0.2, 0.25) is 12.1 Å². The van der Waals surface area contributed by atoms with Gasteiger partial charge in [0.1, 0.15) is 30.0 Å². The second-order valence-electron chi connectivity index (χ2n) is 16.5. The van der Waals surface area contributed by atoms with E-state index in [9.17, 15) is 19.9 Å². The number of carbonyl (C=O) groups is 1. The lowest BCUT2D eigenvalue weighted by atomic mass is 9.55. The fraction of sp³-hybridized carbons (Fsp3) is 0.460. The number of oxime groups is 1. The highest BCUT2D eigenvalue weighted by Gasteiger charge is 2.65. The highest BCUT2D eigenvalue weighted by atomic mass is 19.1. The number of nitriles is 1. The lowest BCUT2D eigenvalue weighted by Crippen LogP contribution is -2.70. The van der Waals surface area contributed by atoms with Crippen LogP contribution in [0.1, 0.15) is 97.2 Å². The van der Waals surface area contributed by atoms with Gasteiger partial charge in [0.15, 0.2) is 0 Å². The smallest absolute Gasteiger partial charge is 0.254 e. The molecule has 2 aliphatic carbocycles. The summed E-state index contributed by atoms with van der Waals surface area (Å²) < 4.78 is 41.0. The van der Waals surface area contributed by atoms with Crippen LogP contribution in [0.25, 0.3) is 0 Å². The highest BCUT2D eigenvalue weighted by Crippen LogP contribution is 2.62. The van der Waals surface area contributed by atoms with Gasteiger partial charge in [0.25, 0.3) is 5.91 Å². The number of ether oxygens (including phenoxy) is 4. The standard InChI is InChI=1S/C50H58FN3O8/c1-3-26-58-39-22-23-44-42(30-39)47-40(12-6-9-25-56)37(11-5-8-24-55)29-41-43(53-62-46-13-7-10-28-59-46)31-45(50(61-44,48(41)47)60-27-4-2)54(33-35-16-20-38(51)21-17-35)49(57)36-18-14-34(32-52)15-19-36/h3-4,14-23,29-30,37,40,45-48,55-56H,1-2,5-13,24-28,31,33H2. The molecule has 3 aromatic rings. The fourth-order valence-corrected chi connectivity index (χ4v) is 9.77. The number of allylic oxidation sites excluding steroid dienone is 1. The summed E-state index contributed by atoms with van der Waals surface area (Å²) >= 11 is 0. The summed E-state index contributed by atoms with van der Waals surface area (Å²) in [6, 6.07) is 19.7. The Kier molecular flexibility index (Phi) is 15.3. The first-order valence-electron chi connectivity index (χ1n) is 22.0. The third kappa shape index (κ3) is 9.82. The van der Waals surface area contributed by atoms with E-state index in [1.807, 2.05) is 18.2 Å². The van der Waals surface area contributed by atoms with Crippen LogP contribution in [-0.4, -0.2) is 77.9 Å². The van der Waals surface area contributed by atoms with Crippen molar-refractivity contribution in [3.8, 4) is 17.6 Å². The summed E-state index contributed by atoms with van der Waals surface area (Å²) in [6.45, 7) is 9.07. The first kappa shape index (κ1) is 44.7. The van der Waals surface area contributed by atoms with Crippen molar-refractivity contribution >= 4 is 11.6 Å². The lowest BCUT2D eigenvalue weighted by molar-refractivity contribution is -0.255. The number of aliphatic hydroxyl groups excluding tert-OH is 2. The maximum atomic E-state index is 15.3. The van der Waals surface area contributed by atoms with Crippen molar-refractivity contribution in [1.29, 1.82) is 5.26 Å². The second kappa shape index (κ2) is 21.2. The van der Waals surface area contributed by atoms with Crippen molar-refractivity contribution in [2.45, 2.75) is 94.8 Å². The predicted octanol–water partition coefficient (Wildman–Crippen LogP) is 8.76. The number of fused-ring (bicyclic) bond motifs is 2. The van der Waals surface area contributed by atoms with E-state index in [1.54, 1.807) is 53.5 Å². The molecule has 2 heterocycles. The van der Waals surface area contributed by atoms with Crippen LogP contribution in [0.4, 0.5) is 4.39 Å². The van der Waals surface area contributed by atoms with E-state index in [1.165, 1.54) is 12.1 Å². The van der Waals surface area contributed by atoms with Gasteiger partial charge >= 0.3 is 0 Å². The van der Waals surface area contributed by atoms with E-state index in [0.29, 0.717) is 66.4 Å². The summed E-state index contributed by atoms with van der Waals surface area (Å²) in [5.41, 5.74) is 3.92. The topological polar surface area (TPSA) is 143 Å². The summed E-state index contributed by atoms with van der Waals surface area (Å²) in [6.07, 6.45) is 12.3. The minimum atomic E-state index is -1.52. The van der Waals surface area contributed by atoms with Gasteiger partial charge in [0, 0.05) is 49.6 Å². The summed E-state index contributed by atoms with van der Waals surface area (Å²) in [7, 11) is 0. The SMILES string of the molecule is C=CCOc1ccc2c(c1)C1C(CCCCO)C(CCCCO)C=C3C(=NOC4CCCCO4)CC(N(Cc4ccc(F)cc4)C(=O)c4ccc(C#N)cc4)C(OCC=C)(O2)C31. The maximum absolute atomic E-state index is 15.3. The van der Waals surface area contributed by atoms with Crippen molar-refractivity contribution < 1.29 is 43.2 Å². The molecule has 0 aromatic heterocycles. The number of rotatable bonds is 20. The molecule has 1 saturated heterocycles. The monoisotopic (exact) mass is 847 g/mol. The Morgan fingerprint density at radius 2 is 1.74 bits per heavy atom. The molecule has 2 fully saturated rings. The van der Waals surface area contributed by atoms with Crippen molar-refractivity contribution in [1.82, 2.24) is 4.90 Å². The first-order valence-corrected chi connectivity index (χ1v) is 22.0. The minimum Gasteiger partial charge on any atom is -0.490 e. The van der Waals surface area contributed by atoms with Crippen LogP contribution < -0.4 is 9.47 Å². The lowest BCUT2D eigenvalue weighted by Gasteiger charge is -2.60. The number of aliphatic hydroxyl groups is 2. The van der Waals surface area contributed by atoms with Gasteiger partial charge in [-0.1, -0.05) is 54.9 Å². The molecular weight excluding hydrogens is 790 g/mol. The summed E-state index contributed by atoms with van der Waals surface area (Å²) in [5, 5.41) is 34.4. The molecule has 3 aromatic carbocycles.